The fraction of sp³-hybridized carbons (Fsp3) is 0.333. The number of aromatic nitrogens is 1. The molecule has 4 rings (SSSR count). The highest BCUT2D eigenvalue weighted by atomic mass is 32.1. The quantitative estimate of drug-likeness (QED) is 0.707. The van der Waals surface area contributed by atoms with Crippen LogP contribution in [0.4, 0.5) is 0 Å². The van der Waals surface area contributed by atoms with Crippen molar-refractivity contribution in [3.8, 4) is 22.1 Å². The lowest BCUT2D eigenvalue weighted by molar-refractivity contribution is -0.143. The normalized spacial score (nSPS) is 15.2. The van der Waals surface area contributed by atoms with E-state index in [-0.39, 0.29) is 30.7 Å². The summed E-state index contributed by atoms with van der Waals surface area (Å²) in [5, 5.41) is 21.5. The van der Waals surface area contributed by atoms with Crippen LogP contribution >= 0.6 is 11.3 Å². The highest BCUT2D eigenvalue weighted by Crippen LogP contribution is 2.39. The highest BCUT2D eigenvalue weighted by Gasteiger charge is 2.28. The Morgan fingerprint density at radius 1 is 1.29 bits per heavy atom. The molecule has 0 saturated heterocycles. The lowest BCUT2D eigenvalue weighted by Crippen LogP contribution is -2.42. The van der Waals surface area contributed by atoms with Gasteiger partial charge in [-0.05, 0) is 30.2 Å². The van der Waals surface area contributed by atoms with E-state index >= 15 is 0 Å². The molecule has 0 bridgehead atoms. The van der Waals surface area contributed by atoms with Gasteiger partial charge in [0.05, 0.1) is 16.8 Å². The zero-order valence-electron chi connectivity index (χ0n) is 15.8. The standard InChI is InChI=1S/C21H22N2O4S/c1-12(2)18(25)21(26)23-7-8-27-19-14(11-23)9-13(10-16(19)24)20-22-15-5-3-4-6-17(15)28-20/h3-6,9-10,12,18,24-25H,7-8,11H2,1-2H3/t18-/m0/s1. The Balaban J connectivity index is 1.70. The van der Waals surface area contributed by atoms with Crippen LogP contribution in [0, 0.1) is 5.92 Å². The molecular formula is C21H22N2O4S. The number of nitrogens with zero attached hydrogens (tertiary/aromatic N) is 2. The molecule has 0 radical (unpaired) electrons. The van der Waals surface area contributed by atoms with E-state index in [0.29, 0.717) is 17.9 Å². The first-order valence-corrected chi connectivity index (χ1v) is 10.1. The zero-order chi connectivity index (χ0) is 19.8. The highest BCUT2D eigenvalue weighted by molar-refractivity contribution is 7.21. The first-order chi connectivity index (χ1) is 13.4. The number of carbonyl (C=O) groups is 1. The number of aliphatic hydroxyl groups excluding tert-OH is 1. The number of benzene rings is 2. The van der Waals surface area contributed by atoms with E-state index in [1.165, 1.54) is 0 Å². The number of phenolic OH excluding ortho intramolecular Hbond substituents is 1. The molecule has 1 atom stereocenters. The summed E-state index contributed by atoms with van der Waals surface area (Å²) in [7, 11) is 0. The number of carbonyl (C=O) groups excluding carboxylic acids is 1. The van der Waals surface area contributed by atoms with E-state index in [4.69, 9.17) is 4.74 Å². The van der Waals surface area contributed by atoms with E-state index in [2.05, 4.69) is 4.98 Å². The van der Waals surface area contributed by atoms with Crippen molar-refractivity contribution >= 4 is 27.5 Å². The van der Waals surface area contributed by atoms with Crippen molar-refractivity contribution in [3.05, 3.63) is 42.0 Å². The van der Waals surface area contributed by atoms with Gasteiger partial charge in [0.2, 0.25) is 0 Å². The molecule has 6 nitrogen and oxygen atoms in total. The summed E-state index contributed by atoms with van der Waals surface area (Å²) < 4.78 is 6.78. The predicted molar refractivity (Wildman–Crippen MR) is 108 cm³/mol. The van der Waals surface area contributed by atoms with Gasteiger partial charge < -0.3 is 19.8 Å². The van der Waals surface area contributed by atoms with Crippen LogP contribution in [0.1, 0.15) is 19.4 Å². The van der Waals surface area contributed by atoms with Crippen LogP contribution < -0.4 is 4.74 Å². The van der Waals surface area contributed by atoms with Gasteiger partial charge in [-0.3, -0.25) is 4.79 Å². The fourth-order valence-electron chi connectivity index (χ4n) is 3.28. The van der Waals surface area contributed by atoms with Crippen molar-refractivity contribution in [3.63, 3.8) is 0 Å². The third-order valence-corrected chi connectivity index (χ3v) is 5.94. The summed E-state index contributed by atoms with van der Waals surface area (Å²) in [6.07, 6.45) is -1.05. The number of para-hydroxylation sites is 1. The van der Waals surface area contributed by atoms with E-state index < -0.39 is 6.10 Å². The molecule has 1 amide bonds. The Kier molecular flexibility index (Phi) is 4.95. The largest absolute Gasteiger partial charge is 0.504 e. The Bertz CT molecular complexity index is 997. The van der Waals surface area contributed by atoms with Crippen LogP contribution in [0.15, 0.2) is 36.4 Å². The number of hydrogen-bond acceptors (Lipinski definition) is 6. The summed E-state index contributed by atoms with van der Waals surface area (Å²) in [6, 6.07) is 11.4. The maximum Gasteiger partial charge on any atom is 0.252 e. The smallest absolute Gasteiger partial charge is 0.252 e. The van der Waals surface area contributed by atoms with Crippen molar-refractivity contribution in [2.45, 2.75) is 26.5 Å². The van der Waals surface area contributed by atoms with Gasteiger partial charge in [-0.25, -0.2) is 4.98 Å². The number of rotatable bonds is 3. The summed E-state index contributed by atoms with van der Waals surface area (Å²) >= 11 is 1.55. The maximum atomic E-state index is 12.6. The van der Waals surface area contributed by atoms with Crippen molar-refractivity contribution in [2.24, 2.45) is 5.92 Å². The molecule has 2 N–H and O–H groups in total. The SMILES string of the molecule is CC(C)[C@H](O)C(=O)N1CCOc2c(O)cc(-c3nc4ccccc4s3)cc2C1. The van der Waals surface area contributed by atoms with Gasteiger partial charge in [-0.2, -0.15) is 0 Å². The molecule has 2 aromatic carbocycles. The molecule has 7 heteroatoms. The molecule has 0 saturated carbocycles. The van der Waals surface area contributed by atoms with E-state index in [1.54, 1.807) is 22.3 Å². The number of phenols is 1. The van der Waals surface area contributed by atoms with Crippen molar-refractivity contribution < 1.29 is 19.7 Å². The lowest BCUT2D eigenvalue weighted by Gasteiger charge is -2.24. The van der Waals surface area contributed by atoms with Crippen LogP contribution in [-0.2, 0) is 11.3 Å². The summed E-state index contributed by atoms with van der Waals surface area (Å²) in [4.78, 5) is 18.8. The topological polar surface area (TPSA) is 82.9 Å². The summed E-state index contributed by atoms with van der Waals surface area (Å²) in [5.41, 5.74) is 2.39. The number of aliphatic hydroxyl groups is 1. The first-order valence-electron chi connectivity index (χ1n) is 9.25. The average molecular weight is 398 g/mol. The van der Waals surface area contributed by atoms with Gasteiger partial charge in [-0.15, -0.1) is 11.3 Å². The van der Waals surface area contributed by atoms with Crippen LogP contribution in [0.25, 0.3) is 20.8 Å². The molecular weight excluding hydrogens is 376 g/mol. The Morgan fingerprint density at radius 3 is 2.82 bits per heavy atom. The number of hydrogen-bond donors (Lipinski definition) is 2. The number of aromatic hydroxyl groups is 1. The molecule has 1 aliphatic rings. The van der Waals surface area contributed by atoms with Crippen LogP contribution in [-0.4, -0.2) is 45.3 Å². The Labute approximate surface area is 167 Å². The molecule has 1 aliphatic heterocycles. The van der Waals surface area contributed by atoms with Gasteiger partial charge in [0, 0.05) is 17.7 Å². The zero-order valence-corrected chi connectivity index (χ0v) is 16.6. The Hall–Kier alpha value is -2.64. The monoisotopic (exact) mass is 398 g/mol. The van der Waals surface area contributed by atoms with Gasteiger partial charge >= 0.3 is 0 Å². The molecule has 0 spiro atoms. The number of fused-ring (bicyclic) bond motifs is 2. The minimum absolute atomic E-state index is 0.0328. The van der Waals surface area contributed by atoms with Crippen molar-refractivity contribution in [1.29, 1.82) is 0 Å². The first kappa shape index (κ1) is 18.7. The lowest BCUT2D eigenvalue weighted by atomic mass is 10.0. The molecule has 0 aliphatic carbocycles. The van der Waals surface area contributed by atoms with Crippen molar-refractivity contribution in [2.75, 3.05) is 13.2 Å². The minimum Gasteiger partial charge on any atom is -0.504 e. The average Bonchev–Trinajstić information content (AvgIpc) is 2.99. The van der Waals surface area contributed by atoms with Crippen LogP contribution in [0.5, 0.6) is 11.5 Å². The number of thiazole rings is 1. The van der Waals surface area contributed by atoms with Crippen LogP contribution in [0.3, 0.4) is 0 Å². The van der Waals surface area contributed by atoms with Gasteiger partial charge in [0.15, 0.2) is 11.5 Å². The second-order valence-corrected chi connectivity index (χ2v) is 8.30. The predicted octanol–water partition coefficient (Wildman–Crippen LogP) is 3.41. The summed E-state index contributed by atoms with van der Waals surface area (Å²) in [6.45, 7) is 4.50. The van der Waals surface area contributed by atoms with E-state index in [9.17, 15) is 15.0 Å². The van der Waals surface area contributed by atoms with E-state index in [0.717, 1.165) is 20.8 Å². The number of ether oxygens (including phenoxy) is 1. The molecule has 3 aromatic rings. The molecule has 0 unspecified atom stereocenters. The van der Waals surface area contributed by atoms with Gasteiger partial charge in [0.1, 0.15) is 17.7 Å². The second-order valence-electron chi connectivity index (χ2n) is 7.27. The summed E-state index contributed by atoms with van der Waals surface area (Å²) in [5.74, 6) is -0.0698. The third-order valence-electron chi connectivity index (χ3n) is 4.85. The fourth-order valence-corrected chi connectivity index (χ4v) is 4.23. The van der Waals surface area contributed by atoms with Crippen molar-refractivity contribution in [1.82, 2.24) is 9.88 Å². The van der Waals surface area contributed by atoms with E-state index in [1.807, 2.05) is 44.2 Å². The van der Waals surface area contributed by atoms with Gasteiger partial charge in [-0.1, -0.05) is 26.0 Å². The third kappa shape index (κ3) is 3.43. The number of amides is 1. The molecule has 1 aromatic heterocycles. The molecule has 28 heavy (non-hydrogen) atoms. The second kappa shape index (κ2) is 7.41. The van der Waals surface area contributed by atoms with Crippen LogP contribution in [0.2, 0.25) is 0 Å². The molecule has 146 valence electrons. The Morgan fingerprint density at radius 2 is 2.07 bits per heavy atom. The van der Waals surface area contributed by atoms with Gasteiger partial charge in [0.25, 0.3) is 5.91 Å². The minimum atomic E-state index is -1.05. The molecule has 0 fully saturated rings. The maximum absolute atomic E-state index is 12.6. The molecule has 2 heterocycles.